The third-order valence-corrected chi connectivity index (χ3v) is 2.27. The van der Waals surface area contributed by atoms with Crippen molar-refractivity contribution in [3.63, 3.8) is 0 Å². The lowest BCUT2D eigenvalue weighted by Gasteiger charge is -2.11. The molecule has 16 heavy (non-hydrogen) atoms. The minimum Gasteiger partial charge on any atom is -0.481 e. The fourth-order valence-electron chi connectivity index (χ4n) is 1.31. The first kappa shape index (κ1) is 12.7. The predicted molar refractivity (Wildman–Crippen MR) is 62.7 cm³/mol. The number of aromatic nitrogens is 2. The van der Waals surface area contributed by atoms with Gasteiger partial charge in [-0.25, -0.2) is 4.98 Å². The van der Waals surface area contributed by atoms with Gasteiger partial charge in [0.25, 0.3) is 0 Å². The first-order valence-corrected chi connectivity index (χ1v) is 5.40. The van der Waals surface area contributed by atoms with E-state index in [1.807, 2.05) is 6.92 Å². The van der Waals surface area contributed by atoms with E-state index in [1.165, 1.54) is 0 Å². The van der Waals surface area contributed by atoms with Gasteiger partial charge in [-0.1, -0.05) is 6.92 Å². The highest BCUT2D eigenvalue weighted by Crippen LogP contribution is 2.11. The van der Waals surface area contributed by atoms with Crippen LogP contribution in [0.15, 0.2) is 6.07 Å². The van der Waals surface area contributed by atoms with Crippen molar-refractivity contribution in [1.82, 2.24) is 9.97 Å². The monoisotopic (exact) mass is 225 g/mol. The molecule has 0 radical (unpaired) electrons. The molecule has 1 unspecified atom stereocenters. The Morgan fingerprint density at radius 2 is 2.25 bits per heavy atom. The van der Waals surface area contributed by atoms with Gasteiger partial charge >= 0.3 is 0 Å². The van der Waals surface area contributed by atoms with Gasteiger partial charge in [0.1, 0.15) is 0 Å². The van der Waals surface area contributed by atoms with Gasteiger partial charge in [-0.05, 0) is 19.3 Å². The van der Waals surface area contributed by atoms with E-state index >= 15 is 0 Å². The smallest absolute Gasteiger partial charge is 0.226 e. The van der Waals surface area contributed by atoms with Crippen molar-refractivity contribution in [1.29, 1.82) is 0 Å². The molecular weight excluding hydrogens is 206 g/mol. The van der Waals surface area contributed by atoms with Gasteiger partial charge in [0.05, 0.1) is 7.11 Å². The number of aliphatic hydroxyl groups is 1. The topological polar surface area (TPSA) is 67.3 Å². The summed E-state index contributed by atoms with van der Waals surface area (Å²) in [6, 6.07) is 1.78. The van der Waals surface area contributed by atoms with Crippen molar-refractivity contribution in [2.45, 2.75) is 20.3 Å². The number of nitrogens with zero attached hydrogens (tertiary/aromatic N) is 2. The molecule has 0 aromatic carbocycles. The SMILES string of the molecule is COc1cc(C)nc(NCC(C)CCO)n1. The molecule has 0 bridgehead atoms. The van der Waals surface area contributed by atoms with Gasteiger partial charge in [0.15, 0.2) is 0 Å². The number of anilines is 1. The number of hydrogen-bond donors (Lipinski definition) is 2. The van der Waals surface area contributed by atoms with Crippen molar-refractivity contribution in [3.8, 4) is 5.88 Å². The molecule has 5 heteroatoms. The van der Waals surface area contributed by atoms with Gasteiger partial charge in [-0.15, -0.1) is 0 Å². The van der Waals surface area contributed by atoms with E-state index in [9.17, 15) is 0 Å². The van der Waals surface area contributed by atoms with Crippen molar-refractivity contribution < 1.29 is 9.84 Å². The van der Waals surface area contributed by atoms with Gasteiger partial charge in [-0.3, -0.25) is 0 Å². The third-order valence-electron chi connectivity index (χ3n) is 2.27. The van der Waals surface area contributed by atoms with Crippen LogP contribution in [0.25, 0.3) is 0 Å². The third kappa shape index (κ3) is 4.02. The number of rotatable bonds is 6. The second-order valence-electron chi connectivity index (χ2n) is 3.87. The number of methoxy groups -OCH3 is 1. The van der Waals surface area contributed by atoms with E-state index in [4.69, 9.17) is 9.84 Å². The Kier molecular flexibility index (Phi) is 4.98. The van der Waals surface area contributed by atoms with E-state index in [0.29, 0.717) is 17.7 Å². The number of nitrogens with one attached hydrogen (secondary N) is 1. The quantitative estimate of drug-likeness (QED) is 0.762. The van der Waals surface area contributed by atoms with Crippen molar-refractivity contribution in [3.05, 3.63) is 11.8 Å². The number of hydrogen-bond acceptors (Lipinski definition) is 5. The zero-order chi connectivity index (χ0) is 12.0. The molecule has 0 fully saturated rings. The molecule has 0 aliphatic carbocycles. The Hall–Kier alpha value is -1.36. The summed E-state index contributed by atoms with van der Waals surface area (Å²) >= 11 is 0. The molecule has 0 aliphatic rings. The molecule has 0 aliphatic heterocycles. The lowest BCUT2D eigenvalue weighted by molar-refractivity contribution is 0.265. The largest absolute Gasteiger partial charge is 0.481 e. The minimum absolute atomic E-state index is 0.209. The van der Waals surface area contributed by atoms with Crippen LogP contribution in [0.3, 0.4) is 0 Å². The summed E-state index contributed by atoms with van der Waals surface area (Å²) in [6.07, 6.45) is 0.774. The van der Waals surface area contributed by atoms with Crippen LogP contribution < -0.4 is 10.1 Å². The van der Waals surface area contributed by atoms with Gasteiger partial charge < -0.3 is 15.2 Å². The van der Waals surface area contributed by atoms with Gasteiger partial charge in [-0.2, -0.15) is 4.98 Å². The second-order valence-corrected chi connectivity index (χ2v) is 3.87. The molecule has 1 heterocycles. The summed E-state index contributed by atoms with van der Waals surface area (Å²) in [6.45, 7) is 4.91. The average molecular weight is 225 g/mol. The van der Waals surface area contributed by atoms with Gasteiger partial charge in [0.2, 0.25) is 11.8 Å². The van der Waals surface area contributed by atoms with E-state index in [1.54, 1.807) is 13.2 Å². The molecule has 1 atom stereocenters. The van der Waals surface area contributed by atoms with Crippen molar-refractivity contribution in [2.75, 3.05) is 25.6 Å². The summed E-state index contributed by atoms with van der Waals surface area (Å²) in [5.41, 5.74) is 0.865. The second kappa shape index (κ2) is 6.27. The fourth-order valence-corrected chi connectivity index (χ4v) is 1.31. The van der Waals surface area contributed by atoms with Crippen LogP contribution in [0.5, 0.6) is 5.88 Å². The number of ether oxygens (including phenoxy) is 1. The summed E-state index contributed by atoms with van der Waals surface area (Å²) in [5, 5.41) is 11.9. The molecule has 1 aromatic heterocycles. The number of aryl methyl sites for hydroxylation is 1. The van der Waals surface area contributed by atoms with E-state index < -0.39 is 0 Å². The lowest BCUT2D eigenvalue weighted by Crippen LogP contribution is -2.14. The molecule has 1 aromatic rings. The standard InChI is InChI=1S/C11H19N3O2/c1-8(4-5-15)7-12-11-13-9(2)6-10(14-11)16-3/h6,8,15H,4-5,7H2,1-3H3,(H,12,13,14). The van der Waals surface area contributed by atoms with Crippen molar-refractivity contribution >= 4 is 5.95 Å². The molecule has 0 saturated heterocycles. The molecule has 0 saturated carbocycles. The first-order chi connectivity index (χ1) is 7.65. The molecule has 0 amide bonds. The van der Waals surface area contributed by atoms with Crippen LogP contribution in [0.1, 0.15) is 19.0 Å². The van der Waals surface area contributed by atoms with Crippen molar-refractivity contribution in [2.24, 2.45) is 5.92 Å². The van der Waals surface area contributed by atoms with Crippen LogP contribution in [-0.4, -0.2) is 35.3 Å². The van der Waals surface area contributed by atoms with Crippen LogP contribution in [0.4, 0.5) is 5.95 Å². The highest BCUT2D eigenvalue weighted by atomic mass is 16.5. The molecule has 5 nitrogen and oxygen atoms in total. The summed E-state index contributed by atoms with van der Waals surface area (Å²) in [7, 11) is 1.58. The van der Waals surface area contributed by atoms with Crippen LogP contribution in [0.2, 0.25) is 0 Å². The zero-order valence-corrected chi connectivity index (χ0v) is 10.0. The van der Waals surface area contributed by atoms with E-state index in [2.05, 4.69) is 22.2 Å². The first-order valence-electron chi connectivity index (χ1n) is 5.40. The van der Waals surface area contributed by atoms with E-state index in [0.717, 1.165) is 18.7 Å². The molecule has 1 rings (SSSR count). The Labute approximate surface area is 95.9 Å². The maximum Gasteiger partial charge on any atom is 0.226 e. The summed E-state index contributed by atoms with van der Waals surface area (Å²) in [4.78, 5) is 8.43. The Morgan fingerprint density at radius 1 is 1.50 bits per heavy atom. The van der Waals surface area contributed by atoms with Crippen LogP contribution in [-0.2, 0) is 0 Å². The average Bonchev–Trinajstić information content (AvgIpc) is 2.26. The molecule has 2 N–H and O–H groups in total. The van der Waals surface area contributed by atoms with Crippen LogP contribution in [0, 0.1) is 12.8 Å². The zero-order valence-electron chi connectivity index (χ0n) is 10.0. The minimum atomic E-state index is 0.209. The Balaban J connectivity index is 2.56. The highest BCUT2D eigenvalue weighted by Gasteiger charge is 2.04. The predicted octanol–water partition coefficient (Wildman–Crippen LogP) is 1.22. The maximum absolute atomic E-state index is 8.78. The van der Waals surface area contributed by atoms with Crippen LogP contribution >= 0.6 is 0 Å². The fraction of sp³-hybridized carbons (Fsp3) is 0.636. The number of aliphatic hydroxyl groups excluding tert-OH is 1. The summed E-state index contributed by atoms with van der Waals surface area (Å²) < 4.78 is 5.06. The van der Waals surface area contributed by atoms with E-state index in [-0.39, 0.29) is 6.61 Å². The maximum atomic E-state index is 8.78. The molecule has 90 valence electrons. The van der Waals surface area contributed by atoms with Gasteiger partial charge in [0, 0.05) is 24.9 Å². The normalized spacial score (nSPS) is 12.2. The molecular formula is C11H19N3O2. The highest BCUT2D eigenvalue weighted by molar-refractivity contribution is 5.30. The molecule has 0 spiro atoms. The lowest BCUT2D eigenvalue weighted by atomic mass is 10.1. The Morgan fingerprint density at radius 3 is 2.88 bits per heavy atom. The Bertz CT molecular complexity index is 331. The summed E-state index contributed by atoms with van der Waals surface area (Å²) in [5.74, 6) is 1.52.